The van der Waals surface area contributed by atoms with Gasteiger partial charge in [0.05, 0.1) is 26.8 Å². The van der Waals surface area contributed by atoms with Gasteiger partial charge in [0.2, 0.25) is 0 Å². The summed E-state index contributed by atoms with van der Waals surface area (Å²) in [7, 11) is -4.16. The Hall–Kier alpha value is -3.14. The minimum atomic E-state index is -4.16. The molecule has 1 heterocycles. The largest absolute Gasteiger partial charge is 0.316 e. The molecule has 11 heteroatoms. The lowest BCUT2D eigenvalue weighted by Gasteiger charge is -2.12. The van der Waals surface area contributed by atoms with Crippen LogP contribution >= 0.6 is 23.2 Å². The van der Waals surface area contributed by atoms with Crippen molar-refractivity contribution < 1.29 is 12.8 Å². The summed E-state index contributed by atoms with van der Waals surface area (Å²) in [6, 6.07) is 12.6. The van der Waals surface area contributed by atoms with Gasteiger partial charge in [0.1, 0.15) is 10.7 Å². The Kier molecular flexibility index (Phi) is 5.34. The van der Waals surface area contributed by atoms with Crippen LogP contribution in [-0.2, 0) is 10.0 Å². The number of H-pyrrole nitrogens is 2. The topological polar surface area (TPSA) is 112 Å². The number of nitrogens with one attached hydrogen (secondary N) is 3. The lowest BCUT2D eigenvalue weighted by Crippen LogP contribution is -2.29. The molecule has 0 amide bonds. The van der Waals surface area contributed by atoms with Gasteiger partial charge in [0.25, 0.3) is 10.0 Å². The van der Waals surface area contributed by atoms with E-state index in [0.29, 0.717) is 11.1 Å². The SMILES string of the molecule is O=c1[nH]c2cc(Cl)c(S(=O)(=O)Nc3ccc(-c4ccc(F)cc4)c(Cl)c3)cc2[nH]c1=O. The molecule has 0 spiro atoms. The molecule has 0 saturated carbocycles. The van der Waals surface area contributed by atoms with E-state index in [9.17, 15) is 22.4 Å². The van der Waals surface area contributed by atoms with Crippen LogP contribution in [0.1, 0.15) is 0 Å². The first-order chi connectivity index (χ1) is 14.6. The van der Waals surface area contributed by atoms with Crippen molar-refractivity contribution in [2.45, 2.75) is 4.90 Å². The smallest absolute Gasteiger partial charge is 0.314 e. The molecule has 1 aromatic heterocycles. The first kappa shape index (κ1) is 21.1. The van der Waals surface area contributed by atoms with Crippen molar-refractivity contribution in [2.75, 3.05) is 4.72 Å². The molecule has 158 valence electrons. The number of hydrogen-bond acceptors (Lipinski definition) is 4. The molecule has 0 fully saturated rings. The highest BCUT2D eigenvalue weighted by molar-refractivity contribution is 7.92. The molecule has 31 heavy (non-hydrogen) atoms. The van der Waals surface area contributed by atoms with Crippen LogP contribution in [0.2, 0.25) is 10.0 Å². The fourth-order valence-electron chi connectivity index (χ4n) is 2.98. The number of aromatic amines is 2. The predicted octanol–water partition coefficient (Wildman–Crippen LogP) is 4.13. The third kappa shape index (κ3) is 4.20. The molecule has 0 atom stereocenters. The second kappa shape index (κ2) is 7.84. The van der Waals surface area contributed by atoms with Crippen LogP contribution in [0.4, 0.5) is 10.1 Å². The molecule has 4 aromatic rings. The van der Waals surface area contributed by atoms with Gasteiger partial charge < -0.3 is 9.97 Å². The van der Waals surface area contributed by atoms with E-state index in [1.54, 1.807) is 18.2 Å². The minimum absolute atomic E-state index is 0.0964. The van der Waals surface area contributed by atoms with Gasteiger partial charge >= 0.3 is 11.1 Å². The van der Waals surface area contributed by atoms with Crippen molar-refractivity contribution in [1.82, 2.24) is 9.97 Å². The average molecular weight is 480 g/mol. The molecule has 3 N–H and O–H groups in total. The summed E-state index contributed by atoms with van der Waals surface area (Å²) in [5, 5.41) is 0.0926. The Bertz CT molecular complexity index is 1550. The Morgan fingerprint density at radius 2 is 1.42 bits per heavy atom. The van der Waals surface area contributed by atoms with E-state index < -0.39 is 21.1 Å². The Morgan fingerprint density at radius 3 is 2.03 bits per heavy atom. The van der Waals surface area contributed by atoms with Crippen LogP contribution in [0, 0.1) is 5.82 Å². The third-order valence-electron chi connectivity index (χ3n) is 4.44. The number of aromatic nitrogens is 2. The third-order valence-corrected chi connectivity index (χ3v) is 6.60. The predicted molar refractivity (Wildman–Crippen MR) is 118 cm³/mol. The normalized spacial score (nSPS) is 11.6. The van der Waals surface area contributed by atoms with Crippen LogP contribution in [0.15, 0.2) is 69.1 Å². The van der Waals surface area contributed by atoms with E-state index in [1.807, 2.05) is 0 Å². The number of fused-ring (bicyclic) bond motifs is 1. The van der Waals surface area contributed by atoms with Gasteiger partial charge in [0, 0.05) is 5.56 Å². The van der Waals surface area contributed by atoms with E-state index in [2.05, 4.69) is 14.7 Å². The Balaban J connectivity index is 1.70. The van der Waals surface area contributed by atoms with Gasteiger partial charge in [-0.2, -0.15) is 0 Å². The summed E-state index contributed by atoms with van der Waals surface area (Å²) in [5.41, 5.74) is -0.102. The number of anilines is 1. The zero-order valence-electron chi connectivity index (χ0n) is 15.4. The summed E-state index contributed by atoms with van der Waals surface area (Å²) in [6.07, 6.45) is 0. The molecule has 0 radical (unpaired) electrons. The second-order valence-corrected chi connectivity index (χ2v) is 9.01. The first-order valence-corrected chi connectivity index (χ1v) is 10.9. The zero-order chi connectivity index (χ0) is 22.3. The quantitative estimate of drug-likeness (QED) is 0.382. The lowest BCUT2D eigenvalue weighted by atomic mass is 10.1. The molecule has 0 aliphatic carbocycles. The number of halogens is 3. The molecule has 0 aliphatic heterocycles. The van der Waals surface area contributed by atoms with Crippen LogP contribution in [0.25, 0.3) is 22.2 Å². The zero-order valence-corrected chi connectivity index (χ0v) is 17.7. The van der Waals surface area contributed by atoms with Crippen molar-refractivity contribution in [1.29, 1.82) is 0 Å². The average Bonchev–Trinajstić information content (AvgIpc) is 2.69. The van der Waals surface area contributed by atoms with E-state index in [-0.39, 0.29) is 37.5 Å². The second-order valence-electron chi connectivity index (χ2n) is 6.54. The van der Waals surface area contributed by atoms with E-state index in [4.69, 9.17) is 23.2 Å². The summed E-state index contributed by atoms with van der Waals surface area (Å²) in [6.45, 7) is 0. The number of sulfonamides is 1. The van der Waals surface area contributed by atoms with Crippen LogP contribution < -0.4 is 15.8 Å². The number of hydrogen-bond donors (Lipinski definition) is 3. The molecule has 7 nitrogen and oxygen atoms in total. The highest BCUT2D eigenvalue weighted by atomic mass is 35.5. The maximum Gasteiger partial charge on any atom is 0.314 e. The molecule has 3 aromatic carbocycles. The lowest BCUT2D eigenvalue weighted by molar-refractivity contribution is 0.601. The van der Waals surface area contributed by atoms with Gasteiger partial charge in [-0.25, -0.2) is 12.8 Å². The van der Waals surface area contributed by atoms with Gasteiger partial charge in [-0.05, 0) is 42.0 Å². The molecular weight excluding hydrogens is 468 g/mol. The summed E-state index contributed by atoms with van der Waals surface area (Å²) >= 11 is 12.4. The molecule has 0 saturated heterocycles. The van der Waals surface area contributed by atoms with Crippen molar-refractivity contribution in [2.24, 2.45) is 0 Å². The van der Waals surface area contributed by atoms with Gasteiger partial charge in [-0.15, -0.1) is 0 Å². The standard InChI is InChI=1S/C20H12Cl2FN3O4S/c21-14-7-12(5-6-13(14)10-1-3-11(23)4-2-10)26-31(29,30)18-9-17-16(8-15(18)22)24-19(27)20(28)25-17/h1-9,26H,(H,24,27)(H,25,28). The molecule has 0 unspecified atom stereocenters. The first-order valence-electron chi connectivity index (χ1n) is 8.68. The summed E-state index contributed by atoms with van der Waals surface area (Å²) in [4.78, 5) is 27.3. The molecular formula is C20H12Cl2FN3O4S. The maximum absolute atomic E-state index is 13.1. The monoisotopic (exact) mass is 479 g/mol. The Labute approximate surface area is 184 Å². The van der Waals surface area contributed by atoms with Gasteiger partial charge in [0.15, 0.2) is 0 Å². The highest BCUT2D eigenvalue weighted by Crippen LogP contribution is 2.32. The van der Waals surface area contributed by atoms with Crippen molar-refractivity contribution >= 4 is 49.9 Å². The van der Waals surface area contributed by atoms with E-state index in [0.717, 1.165) is 6.07 Å². The van der Waals surface area contributed by atoms with Gasteiger partial charge in [-0.3, -0.25) is 14.3 Å². The van der Waals surface area contributed by atoms with Crippen LogP contribution in [0.3, 0.4) is 0 Å². The fourth-order valence-corrected chi connectivity index (χ4v) is 4.87. The fraction of sp³-hybridized carbons (Fsp3) is 0. The molecule has 0 bridgehead atoms. The van der Waals surface area contributed by atoms with Crippen LogP contribution in [0.5, 0.6) is 0 Å². The van der Waals surface area contributed by atoms with Gasteiger partial charge in [-0.1, -0.05) is 41.4 Å². The van der Waals surface area contributed by atoms with E-state index >= 15 is 0 Å². The minimum Gasteiger partial charge on any atom is -0.316 e. The maximum atomic E-state index is 13.1. The van der Waals surface area contributed by atoms with Crippen molar-refractivity contribution in [3.05, 3.63) is 91.2 Å². The molecule has 0 aliphatic rings. The van der Waals surface area contributed by atoms with Crippen molar-refractivity contribution in [3.63, 3.8) is 0 Å². The number of benzene rings is 3. The molecule has 4 rings (SSSR count). The summed E-state index contributed by atoms with van der Waals surface area (Å²) in [5.74, 6) is -0.387. The van der Waals surface area contributed by atoms with E-state index in [1.165, 1.54) is 30.3 Å². The van der Waals surface area contributed by atoms with Crippen molar-refractivity contribution in [3.8, 4) is 11.1 Å². The summed E-state index contributed by atoms with van der Waals surface area (Å²) < 4.78 is 41.3. The highest BCUT2D eigenvalue weighted by Gasteiger charge is 2.20. The van der Waals surface area contributed by atoms with Crippen LogP contribution in [-0.4, -0.2) is 18.4 Å². The number of rotatable bonds is 4. The Morgan fingerprint density at radius 1 is 0.806 bits per heavy atom.